The first-order valence-electron chi connectivity index (χ1n) is 19.6. The Bertz CT molecular complexity index is 3620. The molecular weight excluding hydrogens is 697 g/mol. The van der Waals surface area contributed by atoms with E-state index in [1.165, 1.54) is 27.2 Å². The largest absolute Gasteiger partial charge is 0.507 e. The number of hydrogen-bond acceptors (Lipinski definition) is 3. The van der Waals surface area contributed by atoms with E-state index in [2.05, 4.69) is 169 Å². The first kappa shape index (κ1) is 32.0. The number of phenolic OH excluding ortho intramolecular Hbond substituents is 1. The third-order valence-electron chi connectivity index (χ3n) is 12.1. The smallest absolute Gasteiger partial charge is 0.150 e. The van der Waals surface area contributed by atoms with E-state index in [9.17, 15) is 5.11 Å². The van der Waals surface area contributed by atoms with Crippen molar-refractivity contribution in [3.05, 3.63) is 163 Å². The lowest BCUT2D eigenvalue weighted by molar-refractivity contribution is 0.482. The first-order chi connectivity index (χ1) is 27.8. The molecule has 5 heteroatoms. The second kappa shape index (κ2) is 11.4. The molecule has 1 N–H and O–H groups in total. The lowest BCUT2D eigenvalue weighted by Gasteiger charge is -2.22. The summed E-state index contributed by atoms with van der Waals surface area (Å²) in [4.78, 5) is 10.4. The quantitative estimate of drug-likeness (QED) is 0.184. The molecule has 57 heavy (non-hydrogen) atoms. The fourth-order valence-electron chi connectivity index (χ4n) is 9.46. The van der Waals surface area contributed by atoms with E-state index >= 15 is 0 Å². The summed E-state index contributed by atoms with van der Waals surface area (Å²) in [5.41, 5.74) is 14.5. The number of para-hydroxylation sites is 4. The average Bonchev–Trinajstić information content (AvgIpc) is 3.91. The van der Waals surface area contributed by atoms with E-state index in [0.29, 0.717) is 0 Å². The summed E-state index contributed by atoms with van der Waals surface area (Å²) in [6.45, 7) is 6.78. The van der Waals surface area contributed by atoms with Crippen molar-refractivity contribution >= 4 is 76.5 Å². The molecule has 0 saturated carbocycles. The second-order valence-corrected chi connectivity index (χ2v) is 16.4. The monoisotopic (exact) mass is 732 g/mol. The van der Waals surface area contributed by atoms with Crippen LogP contribution in [0.1, 0.15) is 26.3 Å². The van der Waals surface area contributed by atoms with Gasteiger partial charge in [-0.25, -0.2) is 4.98 Å². The van der Waals surface area contributed by atoms with Gasteiger partial charge in [0.25, 0.3) is 0 Å². The van der Waals surface area contributed by atoms with Crippen LogP contribution in [0, 0.1) is 0 Å². The Hall–Kier alpha value is -7.24. The Labute approximate surface area is 328 Å². The summed E-state index contributed by atoms with van der Waals surface area (Å²) in [6, 6.07) is 53.7. The van der Waals surface area contributed by atoms with Crippen molar-refractivity contribution in [2.75, 3.05) is 0 Å². The van der Waals surface area contributed by atoms with Gasteiger partial charge in [0.05, 0.1) is 44.2 Å². The van der Waals surface area contributed by atoms with E-state index in [1.54, 1.807) is 0 Å². The fraction of sp³-hybridized carbons (Fsp3) is 0.0769. The van der Waals surface area contributed by atoms with Crippen LogP contribution in [-0.4, -0.2) is 23.9 Å². The summed E-state index contributed by atoms with van der Waals surface area (Å²) < 4.78 is 4.57. The number of aromatic hydroxyl groups is 1. The third kappa shape index (κ3) is 4.45. The van der Waals surface area contributed by atoms with Crippen molar-refractivity contribution < 1.29 is 5.11 Å². The highest BCUT2D eigenvalue weighted by Crippen LogP contribution is 2.48. The van der Waals surface area contributed by atoms with Gasteiger partial charge >= 0.3 is 0 Å². The van der Waals surface area contributed by atoms with Crippen molar-refractivity contribution in [1.82, 2.24) is 18.8 Å². The normalized spacial score (nSPS) is 12.5. The molecule has 5 aromatic heterocycles. The number of hydrogen-bond donors (Lipinski definition) is 1. The molecule has 0 bridgehead atoms. The van der Waals surface area contributed by atoms with Gasteiger partial charge in [0.15, 0.2) is 0 Å². The van der Waals surface area contributed by atoms with E-state index in [0.717, 1.165) is 88.3 Å². The maximum atomic E-state index is 12.3. The van der Waals surface area contributed by atoms with E-state index in [1.807, 2.05) is 18.3 Å². The van der Waals surface area contributed by atoms with E-state index in [-0.39, 0.29) is 11.2 Å². The number of aromatic nitrogens is 4. The summed E-state index contributed by atoms with van der Waals surface area (Å²) in [5, 5.41) is 19.9. The van der Waals surface area contributed by atoms with Crippen LogP contribution in [0.15, 0.2) is 158 Å². The van der Waals surface area contributed by atoms with Crippen LogP contribution in [0.3, 0.4) is 0 Å². The van der Waals surface area contributed by atoms with Crippen LogP contribution in [0.2, 0.25) is 0 Å². The number of rotatable bonds is 3. The van der Waals surface area contributed by atoms with Crippen LogP contribution in [0.25, 0.3) is 110 Å². The van der Waals surface area contributed by atoms with Crippen LogP contribution in [0.4, 0.5) is 0 Å². The number of nitrogens with zero attached hydrogens (tertiary/aromatic N) is 4. The van der Waals surface area contributed by atoms with Crippen LogP contribution in [-0.2, 0) is 5.41 Å². The highest BCUT2D eigenvalue weighted by atomic mass is 16.3. The number of phenols is 1. The molecule has 0 aliphatic heterocycles. The van der Waals surface area contributed by atoms with Crippen molar-refractivity contribution in [3.63, 3.8) is 0 Å². The summed E-state index contributed by atoms with van der Waals surface area (Å²) in [5.74, 6) is 0.219. The molecule has 0 aliphatic carbocycles. The standard InChI is InChI=1S/C52H36N4O/c1-52(2,3)34-26-32(25-33(27-34)40-28-31(23-24-53-40)30-13-5-4-6-14-30)35-17-12-22-43-49(35)54-51-48-45(57)29-44-46(47(48)38-16-8-10-21-42(38)56(43)51)39-19-11-18-37-36-15-7-9-20-41(36)55(44)50(37)39/h4-29,57H,1-3H3. The molecule has 0 aliphatic rings. The lowest BCUT2D eigenvalue weighted by atomic mass is 9.83. The highest BCUT2D eigenvalue weighted by Gasteiger charge is 2.25. The zero-order valence-corrected chi connectivity index (χ0v) is 31.7. The molecule has 12 rings (SSSR count). The number of benzene rings is 7. The average molecular weight is 733 g/mol. The zero-order chi connectivity index (χ0) is 38.2. The Morgan fingerprint density at radius 3 is 2.00 bits per heavy atom. The van der Waals surface area contributed by atoms with E-state index in [4.69, 9.17) is 9.97 Å². The molecule has 270 valence electrons. The maximum absolute atomic E-state index is 12.3. The third-order valence-corrected chi connectivity index (χ3v) is 12.1. The second-order valence-electron chi connectivity index (χ2n) is 16.4. The Kier molecular flexibility index (Phi) is 6.41. The molecule has 0 fully saturated rings. The van der Waals surface area contributed by atoms with E-state index < -0.39 is 0 Å². The summed E-state index contributed by atoms with van der Waals surface area (Å²) in [6.07, 6.45) is 1.91. The number of imidazole rings is 1. The van der Waals surface area contributed by atoms with Crippen molar-refractivity contribution in [3.8, 4) is 39.3 Å². The van der Waals surface area contributed by atoms with Gasteiger partial charge in [0.2, 0.25) is 0 Å². The minimum atomic E-state index is -0.111. The topological polar surface area (TPSA) is 54.8 Å². The molecule has 0 amide bonds. The molecule has 0 spiro atoms. The number of fused-ring (bicyclic) bond motifs is 15. The molecule has 0 radical (unpaired) electrons. The minimum absolute atomic E-state index is 0.111. The van der Waals surface area contributed by atoms with Crippen molar-refractivity contribution in [2.24, 2.45) is 0 Å². The predicted octanol–water partition coefficient (Wildman–Crippen LogP) is 13.3. The fourth-order valence-corrected chi connectivity index (χ4v) is 9.46. The molecule has 7 aromatic carbocycles. The predicted molar refractivity (Wildman–Crippen MR) is 237 cm³/mol. The highest BCUT2D eigenvalue weighted by molar-refractivity contribution is 6.35. The maximum Gasteiger partial charge on any atom is 0.150 e. The zero-order valence-electron chi connectivity index (χ0n) is 31.7. The molecule has 0 saturated heterocycles. The van der Waals surface area contributed by atoms with Crippen LogP contribution in [0.5, 0.6) is 5.75 Å². The van der Waals surface area contributed by atoms with Gasteiger partial charge in [0.1, 0.15) is 11.4 Å². The summed E-state index contributed by atoms with van der Waals surface area (Å²) in [7, 11) is 0. The molecule has 12 aromatic rings. The molecule has 5 heterocycles. The SMILES string of the molecule is CC(C)(C)c1cc(-c2cc(-c3ccccc3)ccn2)cc(-c2cccc3c2nc2c4c(O)cc5c(c6cccc7c8ccccc8n5c76)c4c4ccccc4n32)c1. The Morgan fingerprint density at radius 2 is 1.18 bits per heavy atom. The molecule has 5 nitrogen and oxygen atoms in total. The molecule has 0 atom stereocenters. The Balaban J connectivity index is 1.17. The van der Waals surface area contributed by atoms with Crippen molar-refractivity contribution in [1.29, 1.82) is 0 Å². The van der Waals surface area contributed by atoms with Gasteiger partial charge < -0.3 is 9.51 Å². The van der Waals surface area contributed by atoms with Gasteiger partial charge in [-0.3, -0.25) is 9.38 Å². The molecule has 0 unspecified atom stereocenters. The van der Waals surface area contributed by atoms with Gasteiger partial charge in [-0.15, -0.1) is 0 Å². The molecular formula is C52H36N4O. The van der Waals surface area contributed by atoms with Gasteiger partial charge in [-0.2, -0.15) is 0 Å². The number of pyridine rings is 2. The van der Waals surface area contributed by atoms with Gasteiger partial charge in [-0.05, 0) is 70.1 Å². The first-order valence-corrected chi connectivity index (χ1v) is 19.6. The van der Waals surface area contributed by atoms with Gasteiger partial charge in [0, 0.05) is 55.7 Å². The summed E-state index contributed by atoms with van der Waals surface area (Å²) >= 11 is 0. The van der Waals surface area contributed by atoms with Crippen LogP contribution < -0.4 is 0 Å². The minimum Gasteiger partial charge on any atom is -0.507 e. The van der Waals surface area contributed by atoms with Crippen molar-refractivity contribution in [2.45, 2.75) is 26.2 Å². The van der Waals surface area contributed by atoms with Gasteiger partial charge in [-0.1, -0.05) is 124 Å². The lowest BCUT2D eigenvalue weighted by Crippen LogP contribution is -2.11. The van der Waals surface area contributed by atoms with Crippen LogP contribution >= 0.6 is 0 Å². The Morgan fingerprint density at radius 1 is 0.491 bits per heavy atom.